The van der Waals surface area contributed by atoms with Gasteiger partial charge in [0, 0.05) is 0 Å². The summed E-state index contributed by atoms with van der Waals surface area (Å²) >= 11 is 0. The highest BCUT2D eigenvalue weighted by Crippen LogP contribution is 2.34. The van der Waals surface area contributed by atoms with E-state index in [-0.39, 0.29) is 15.8 Å². The molecule has 0 bridgehead atoms. The third kappa shape index (κ3) is 2.78. The van der Waals surface area contributed by atoms with Crippen LogP contribution < -0.4 is 10.6 Å². The lowest BCUT2D eigenvalue weighted by molar-refractivity contribution is 1.50. The Bertz CT molecular complexity index is 254. The van der Waals surface area contributed by atoms with E-state index in [1.807, 2.05) is 0 Å². The summed E-state index contributed by atoms with van der Waals surface area (Å²) in [7, 11) is 0.168. The highest BCUT2D eigenvalue weighted by atomic mass is 31.1. The first kappa shape index (κ1) is 12.2. The van der Waals surface area contributed by atoms with Crippen LogP contribution in [-0.4, -0.2) is 25.7 Å². The van der Waals surface area contributed by atoms with Crippen molar-refractivity contribution in [2.24, 2.45) is 0 Å². The zero-order valence-electron chi connectivity index (χ0n) is 9.62. The van der Waals surface area contributed by atoms with Crippen molar-refractivity contribution in [3.8, 4) is 0 Å². The van der Waals surface area contributed by atoms with E-state index < -0.39 is 0 Å². The maximum Gasteiger partial charge on any atom is -0.0167 e. The standard InChI is InChI=1S/C12H20P2/c1-5-13(3)11-9-7-8-10-12(11)14(4)6-2/h7-10H,5-6H2,1-4H3/t13-,14-/m0/s1. The van der Waals surface area contributed by atoms with Crippen LogP contribution in [0.2, 0.25) is 0 Å². The van der Waals surface area contributed by atoms with Gasteiger partial charge in [-0.2, -0.15) is 0 Å². The molecule has 0 aromatic heterocycles. The second-order valence-corrected chi connectivity index (χ2v) is 8.54. The van der Waals surface area contributed by atoms with E-state index >= 15 is 0 Å². The molecular weight excluding hydrogens is 206 g/mol. The van der Waals surface area contributed by atoms with Crippen molar-refractivity contribution in [2.45, 2.75) is 13.8 Å². The highest BCUT2D eigenvalue weighted by Gasteiger charge is 2.11. The molecule has 1 aromatic carbocycles. The molecule has 2 heteroatoms. The summed E-state index contributed by atoms with van der Waals surface area (Å²) in [6.07, 6.45) is 2.61. The van der Waals surface area contributed by atoms with E-state index in [4.69, 9.17) is 0 Å². The SMILES string of the molecule is CC[P@](C)c1ccccc1[P@@](C)CC. The quantitative estimate of drug-likeness (QED) is 0.691. The molecule has 0 heterocycles. The van der Waals surface area contributed by atoms with Gasteiger partial charge in [-0.15, -0.1) is 0 Å². The molecular formula is C12H20P2. The Labute approximate surface area is 90.6 Å². The molecule has 0 radical (unpaired) electrons. The maximum atomic E-state index is 2.40. The Morgan fingerprint density at radius 2 is 1.21 bits per heavy atom. The van der Waals surface area contributed by atoms with Gasteiger partial charge < -0.3 is 0 Å². The van der Waals surface area contributed by atoms with Gasteiger partial charge in [0.1, 0.15) is 0 Å². The fraction of sp³-hybridized carbons (Fsp3) is 0.500. The van der Waals surface area contributed by atoms with Crippen LogP contribution in [0.4, 0.5) is 0 Å². The highest BCUT2D eigenvalue weighted by molar-refractivity contribution is 7.71. The van der Waals surface area contributed by atoms with E-state index in [1.54, 1.807) is 10.6 Å². The minimum Gasteiger partial charge on any atom is -0.0781 e. The Morgan fingerprint density at radius 1 is 0.857 bits per heavy atom. The van der Waals surface area contributed by atoms with Crippen LogP contribution >= 0.6 is 15.8 Å². The summed E-state index contributed by atoms with van der Waals surface area (Å²) in [6, 6.07) is 9.04. The summed E-state index contributed by atoms with van der Waals surface area (Å²) in [5, 5.41) is 3.28. The summed E-state index contributed by atoms with van der Waals surface area (Å²) in [4.78, 5) is 0. The van der Waals surface area contributed by atoms with E-state index in [0.29, 0.717) is 0 Å². The Morgan fingerprint density at radius 3 is 1.50 bits per heavy atom. The summed E-state index contributed by atoms with van der Waals surface area (Å²) in [5.74, 6) is 0. The molecule has 0 aliphatic rings. The van der Waals surface area contributed by atoms with E-state index in [9.17, 15) is 0 Å². The van der Waals surface area contributed by atoms with Gasteiger partial charge in [-0.3, -0.25) is 0 Å². The number of rotatable bonds is 4. The number of hydrogen-bond acceptors (Lipinski definition) is 0. The topological polar surface area (TPSA) is 0 Å². The Balaban J connectivity index is 3.02. The molecule has 0 nitrogen and oxygen atoms in total. The van der Waals surface area contributed by atoms with Crippen LogP contribution in [-0.2, 0) is 0 Å². The molecule has 0 fully saturated rings. The monoisotopic (exact) mass is 226 g/mol. The van der Waals surface area contributed by atoms with Crippen molar-refractivity contribution in [3.05, 3.63) is 24.3 Å². The van der Waals surface area contributed by atoms with Crippen LogP contribution in [0.3, 0.4) is 0 Å². The molecule has 0 saturated heterocycles. The average molecular weight is 226 g/mol. The maximum absolute atomic E-state index is 2.40. The number of benzene rings is 1. The molecule has 1 aromatic rings. The summed E-state index contributed by atoms with van der Waals surface area (Å²) in [5.41, 5.74) is 0. The van der Waals surface area contributed by atoms with Gasteiger partial charge in [-0.1, -0.05) is 54.0 Å². The van der Waals surface area contributed by atoms with E-state index in [2.05, 4.69) is 51.4 Å². The van der Waals surface area contributed by atoms with Gasteiger partial charge in [-0.05, 0) is 36.3 Å². The van der Waals surface area contributed by atoms with Crippen molar-refractivity contribution in [2.75, 3.05) is 25.7 Å². The fourth-order valence-electron chi connectivity index (χ4n) is 1.45. The second kappa shape index (κ2) is 5.84. The van der Waals surface area contributed by atoms with Gasteiger partial charge in [0.15, 0.2) is 0 Å². The normalized spacial score (nSPS) is 15.1. The molecule has 78 valence electrons. The molecule has 0 aliphatic heterocycles. The Kier molecular flexibility index (Phi) is 5.07. The van der Waals surface area contributed by atoms with Gasteiger partial charge >= 0.3 is 0 Å². The zero-order chi connectivity index (χ0) is 10.6. The lowest BCUT2D eigenvalue weighted by atomic mass is 10.4. The second-order valence-electron chi connectivity index (χ2n) is 3.52. The molecule has 1 rings (SSSR count). The summed E-state index contributed by atoms with van der Waals surface area (Å²) in [6.45, 7) is 9.39. The van der Waals surface area contributed by atoms with Crippen LogP contribution in [0.25, 0.3) is 0 Å². The minimum atomic E-state index is 0.0838. The molecule has 0 spiro atoms. The van der Waals surface area contributed by atoms with Crippen LogP contribution in [0, 0.1) is 0 Å². The van der Waals surface area contributed by atoms with Crippen molar-refractivity contribution in [1.82, 2.24) is 0 Å². The van der Waals surface area contributed by atoms with Crippen molar-refractivity contribution in [1.29, 1.82) is 0 Å². The van der Waals surface area contributed by atoms with Crippen molar-refractivity contribution < 1.29 is 0 Å². The first-order valence-electron chi connectivity index (χ1n) is 5.22. The minimum absolute atomic E-state index is 0.0838. The van der Waals surface area contributed by atoms with Crippen LogP contribution in [0.15, 0.2) is 24.3 Å². The smallest absolute Gasteiger partial charge is 0.0167 e. The molecule has 14 heavy (non-hydrogen) atoms. The fourth-order valence-corrected chi connectivity index (χ4v) is 4.77. The lowest BCUT2D eigenvalue weighted by Gasteiger charge is -2.19. The lowest BCUT2D eigenvalue weighted by Crippen LogP contribution is -2.21. The Hall–Kier alpha value is 0.0800. The largest absolute Gasteiger partial charge is 0.0781 e. The predicted molar refractivity (Wildman–Crippen MR) is 72.5 cm³/mol. The molecule has 0 unspecified atom stereocenters. The van der Waals surface area contributed by atoms with E-state index in [1.165, 1.54) is 12.3 Å². The van der Waals surface area contributed by atoms with Gasteiger partial charge in [0.25, 0.3) is 0 Å². The average Bonchev–Trinajstić information content (AvgIpc) is 2.27. The third-order valence-corrected chi connectivity index (χ3v) is 7.15. The number of hydrogen-bond donors (Lipinski definition) is 0. The third-order valence-electron chi connectivity index (χ3n) is 2.65. The first-order chi connectivity index (χ1) is 6.70. The summed E-state index contributed by atoms with van der Waals surface area (Å²) < 4.78 is 0. The predicted octanol–water partition coefficient (Wildman–Crippen LogP) is 3.20. The molecule has 2 atom stereocenters. The van der Waals surface area contributed by atoms with E-state index in [0.717, 1.165) is 0 Å². The van der Waals surface area contributed by atoms with Gasteiger partial charge in [0.2, 0.25) is 0 Å². The van der Waals surface area contributed by atoms with Crippen molar-refractivity contribution in [3.63, 3.8) is 0 Å². The zero-order valence-corrected chi connectivity index (χ0v) is 11.4. The van der Waals surface area contributed by atoms with Crippen LogP contribution in [0.1, 0.15) is 13.8 Å². The molecule has 0 amide bonds. The molecule has 0 saturated carbocycles. The van der Waals surface area contributed by atoms with Crippen LogP contribution in [0.5, 0.6) is 0 Å². The molecule has 0 N–H and O–H groups in total. The van der Waals surface area contributed by atoms with Crippen molar-refractivity contribution >= 4 is 26.5 Å². The van der Waals surface area contributed by atoms with Gasteiger partial charge in [-0.25, -0.2) is 0 Å². The van der Waals surface area contributed by atoms with Gasteiger partial charge in [0.05, 0.1) is 0 Å². The molecule has 0 aliphatic carbocycles. The first-order valence-corrected chi connectivity index (χ1v) is 9.16.